The third kappa shape index (κ3) is 3.57. The van der Waals surface area contributed by atoms with Gasteiger partial charge in [-0.3, -0.25) is 4.79 Å². The van der Waals surface area contributed by atoms with Crippen molar-refractivity contribution in [3.05, 3.63) is 28.2 Å². The number of hydrogen-bond acceptors (Lipinski definition) is 3. The van der Waals surface area contributed by atoms with E-state index in [1.165, 1.54) is 0 Å². The minimum Gasteiger partial charge on any atom is -0.479 e. The summed E-state index contributed by atoms with van der Waals surface area (Å²) < 4.78 is 5.63. The van der Waals surface area contributed by atoms with Crippen molar-refractivity contribution < 1.29 is 9.53 Å². The number of halogens is 2. The molecule has 2 atom stereocenters. The molecule has 4 nitrogen and oxygen atoms in total. The molecular weight excluding hydrogens is 299 g/mol. The van der Waals surface area contributed by atoms with E-state index >= 15 is 0 Å². The number of hydrogen-bond donors (Lipinski definition) is 1. The lowest BCUT2D eigenvalue weighted by atomic mass is 10.1. The molecule has 1 saturated heterocycles. The number of amides is 1. The fraction of sp³-hybridized carbons (Fsp3) is 0.500. The summed E-state index contributed by atoms with van der Waals surface area (Å²) in [5.41, 5.74) is 5.89. The van der Waals surface area contributed by atoms with Crippen LogP contribution in [-0.4, -0.2) is 36.0 Å². The van der Waals surface area contributed by atoms with Gasteiger partial charge in [-0.1, -0.05) is 29.3 Å². The third-order valence-corrected chi connectivity index (χ3v) is 4.14. The highest BCUT2D eigenvalue weighted by Crippen LogP contribution is 2.32. The van der Waals surface area contributed by atoms with Gasteiger partial charge in [-0.05, 0) is 31.9 Å². The van der Waals surface area contributed by atoms with Gasteiger partial charge in [-0.2, -0.15) is 0 Å². The highest BCUT2D eigenvalue weighted by atomic mass is 35.5. The first-order chi connectivity index (χ1) is 9.49. The number of benzene rings is 1. The number of nitrogens with zero attached hydrogens (tertiary/aromatic N) is 1. The van der Waals surface area contributed by atoms with Crippen molar-refractivity contribution in [3.63, 3.8) is 0 Å². The van der Waals surface area contributed by atoms with E-state index in [9.17, 15) is 4.79 Å². The summed E-state index contributed by atoms with van der Waals surface area (Å²) in [5.74, 6) is 0.345. The van der Waals surface area contributed by atoms with Crippen LogP contribution in [0.5, 0.6) is 5.75 Å². The molecule has 0 saturated carbocycles. The minimum absolute atomic E-state index is 0.0506. The molecule has 6 heteroatoms. The van der Waals surface area contributed by atoms with Gasteiger partial charge < -0.3 is 15.4 Å². The van der Waals surface area contributed by atoms with E-state index in [2.05, 4.69) is 0 Å². The van der Waals surface area contributed by atoms with Crippen LogP contribution in [0.3, 0.4) is 0 Å². The van der Waals surface area contributed by atoms with E-state index in [0.717, 1.165) is 19.4 Å². The first-order valence-corrected chi connectivity index (χ1v) is 7.39. The quantitative estimate of drug-likeness (QED) is 0.932. The van der Waals surface area contributed by atoms with Crippen LogP contribution in [0, 0.1) is 0 Å². The summed E-state index contributed by atoms with van der Waals surface area (Å²) in [6.45, 7) is 3.01. The van der Waals surface area contributed by atoms with Gasteiger partial charge in [0, 0.05) is 19.1 Å². The molecule has 1 aliphatic heterocycles. The van der Waals surface area contributed by atoms with Crippen molar-refractivity contribution in [1.29, 1.82) is 0 Å². The summed E-state index contributed by atoms with van der Waals surface area (Å²) in [5, 5.41) is 0.730. The van der Waals surface area contributed by atoms with E-state index in [1.807, 2.05) is 0 Å². The Kier molecular flexibility index (Phi) is 5.13. The van der Waals surface area contributed by atoms with Gasteiger partial charge in [0.2, 0.25) is 0 Å². The Bertz CT molecular complexity index is 496. The molecule has 20 heavy (non-hydrogen) atoms. The summed E-state index contributed by atoms with van der Waals surface area (Å²) in [7, 11) is 0. The van der Waals surface area contributed by atoms with Crippen LogP contribution in [0.15, 0.2) is 18.2 Å². The molecule has 1 aromatic rings. The fourth-order valence-corrected chi connectivity index (χ4v) is 2.62. The van der Waals surface area contributed by atoms with Gasteiger partial charge in [-0.25, -0.2) is 0 Å². The molecule has 2 rings (SSSR count). The molecule has 0 aliphatic carbocycles. The Morgan fingerprint density at radius 2 is 2.25 bits per heavy atom. The molecule has 1 fully saturated rings. The highest BCUT2D eigenvalue weighted by molar-refractivity contribution is 6.42. The Morgan fingerprint density at radius 1 is 1.50 bits per heavy atom. The molecule has 0 aromatic heterocycles. The Balaban J connectivity index is 2.02. The molecule has 0 spiro atoms. The minimum atomic E-state index is -0.615. The van der Waals surface area contributed by atoms with Crippen LogP contribution < -0.4 is 10.5 Å². The summed E-state index contributed by atoms with van der Waals surface area (Å²) >= 11 is 12.0. The van der Waals surface area contributed by atoms with Crippen LogP contribution in [0.1, 0.15) is 19.8 Å². The number of likely N-dealkylation sites (tertiary alicyclic amines) is 1. The maximum Gasteiger partial charge on any atom is 0.263 e. The average Bonchev–Trinajstić information content (AvgIpc) is 2.43. The number of ether oxygens (including phenoxy) is 1. The highest BCUT2D eigenvalue weighted by Gasteiger charge is 2.26. The zero-order chi connectivity index (χ0) is 14.7. The molecule has 1 heterocycles. The van der Waals surface area contributed by atoms with Crippen LogP contribution in [0.2, 0.25) is 10.0 Å². The molecule has 2 unspecified atom stereocenters. The van der Waals surface area contributed by atoms with Gasteiger partial charge in [0.15, 0.2) is 6.10 Å². The van der Waals surface area contributed by atoms with Gasteiger partial charge in [0.25, 0.3) is 5.91 Å². The first kappa shape index (κ1) is 15.4. The van der Waals surface area contributed by atoms with Crippen LogP contribution >= 0.6 is 23.2 Å². The van der Waals surface area contributed by atoms with E-state index in [4.69, 9.17) is 33.7 Å². The third-order valence-electron chi connectivity index (χ3n) is 3.34. The van der Waals surface area contributed by atoms with Crippen LogP contribution in [-0.2, 0) is 4.79 Å². The SMILES string of the molecule is CC(Oc1cccc(Cl)c1Cl)C(=O)N1CCCC(N)C1. The van der Waals surface area contributed by atoms with Gasteiger partial charge in [0.1, 0.15) is 10.8 Å². The first-order valence-electron chi connectivity index (χ1n) is 6.64. The van der Waals surface area contributed by atoms with E-state index in [1.54, 1.807) is 30.0 Å². The molecule has 2 N–H and O–H groups in total. The van der Waals surface area contributed by atoms with Crippen molar-refractivity contribution in [2.24, 2.45) is 5.73 Å². The number of carbonyl (C=O) groups excluding carboxylic acids is 1. The van der Waals surface area contributed by atoms with Gasteiger partial charge >= 0.3 is 0 Å². The lowest BCUT2D eigenvalue weighted by Gasteiger charge is -2.32. The molecule has 1 aromatic carbocycles. The second kappa shape index (κ2) is 6.66. The topological polar surface area (TPSA) is 55.6 Å². The predicted molar refractivity (Wildman–Crippen MR) is 80.3 cm³/mol. The van der Waals surface area contributed by atoms with Crippen molar-refractivity contribution in [2.75, 3.05) is 13.1 Å². The average molecular weight is 317 g/mol. The smallest absolute Gasteiger partial charge is 0.263 e. The predicted octanol–water partition coefficient (Wildman–Crippen LogP) is 2.71. The van der Waals surface area contributed by atoms with E-state index in [-0.39, 0.29) is 11.9 Å². The van der Waals surface area contributed by atoms with Crippen LogP contribution in [0.25, 0.3) is 0 Å². The van der Waals surface area contributed by atoms with E-state index in [0.29, 0.717) is 22.3 Å². The van der Waals surface area contributed by atoms with Crippen molar-refractivity contribution in [2.45, 2.75) is 31.9 Å². The Morgan fingerprint density at radius 3 is 2.95 bits per heavy atom. The second-order valence-corrected chi connectivity index (χ2v) is 5.78. The monoisotopic (exact) mass is 316 g/mol. The van der Waals surface area contributed by atoms with Crippen LogP contribution in [0.4, 0.5) is 0 Å². The number of carbonyl (C=O) groups is 1. The molecule has 0 radical (unpaired) electrons. The normalized spacial score (nSPS) is 20.6. The zero-order valence-electron chi connectivity index (χ0n) is 11.3. The Hall–Kier alpha value is -0.970. The largest absolute Gasteiger partial charge is 0.479 e. The molecule has 110 valence electrons. The molecular formula is C14H18Cl2N2O2. The lowest BCUT2D eigenvalue weighted by molar-refractivity contribution is -0.139. The molecule has 1 amide bonds. The fourth-order valence-electron chi connectivity index (χ4n) is 2.28. The standard InChI is InChI=1S/C14H18Cl2N2O2/c1-9(14(19)18-7-3-4-10(17)8-18)20-12-6-2-5-11(15)13(12)16/h2,5-6,9-10H,3-4,7-8,17H2,1H3. The van der Waals surface area contributed by atoms with Crippen molar-refractivity contribution in [1.82, 2.24) is 4.90 Å². The Labute approximate surface area is 128 Å². The maximum atomic E-state index is 12.3. The zero-order valence-corrected chi connectivity index (χ0v) is 12.8. The van der Waals surface area contributed by atoms with Gasteiger partial charge in [0.05, 0.1) is 5.02 Å². The summed E-state index contributed by atoms with van der Waals surface area (Å²) in [6, 6.07) is 5.15. The number of rotatable bonds is 3. The second-order valence-electron chi connectivity index (χ2n) is 5.00. The van der Waals surface area contributed by atoms with Crippen molar-refractivity contribution in [3.8, 4) is 5.75 Å². The number of nitrogens with two attached hydrogens (primary N) is 1. The van der Waals surface area contributed by atoms with Gasteiger partial charge in [-0.15, -0.1) is 0 Å². The molecule has 0 bridgehead atoms. The maximum absolute atomic E-state index is 12.3. The van der Waals surface area contributed by atoms with Crippen molar-refractivity contribution >= 4 is 29.1 Å². The van der Waals surface area contributed by atoms with E-state index < -0.39 is 6.10 Å². The summed E-state index contributed by atoms with van der Waals surface area (Å²) in [4.78, 5) is 14.1. The molecule has 1 aliphatic rings. The lowest BCUT2D eigenvalue weighted by Crippen LogP contribution is -2.49. The summed E-state index contributed by atoms with van der Waals surface area (Å²) in [6.07, 6.45) is 1.27. The number of piperidine rings is 1.